The Morgan fingerprint density at radius 3 is 2.61 bits per heavy atom. The van der Waals surface area contributed by atoms with Gasteiger partial charge in [-0.25, -0.2) is 9.78 Å². The molecule has 0 spiro atoms. The Morgan fingerprint density at radius 1 is 1.39 bits per heavy atom. The molecule has 150 valence electrons. The Morgan fingerprint density at radius 2 is 2.04 bits per heavy atom. The lowest BCUT2D eigenvalue weighted by atomic mass is 10.0. The lowest BCUT2D eigenvalue weighted by molar-refractivity contribution is -0.383. The number of nitro groups is 1. The van der Waals surface area contributed by atoms with Crippen molar-refractivity contribution >= 4 is 29.1 Å². The largest absolute Gasteiger partial charge is 0.508 e. The number of aliphatic hydroxyl groups excluding tert-OH is 1. The van der Waals surface area contributed by atoms with Gasteiger partial charge in [0.05, 0.1) is 23.7 Å². The standard InChI is InChI=1S/C17H21N5O6/c1-3-28-17(25)21-13-8-12(14(22(26)27)16(18)20-13)19-9(2)15(24)10-4-6-11(23)7-5-10/h4-9,15,23-24H,3H2,1-2H3,(H4,18,19,20,21,25)/t9-,15-/m0/s1. The lowest BCUT2D eigenvalue weighted by Crippen LogP contribution is -2.25. The first-order valence-corrected chi connectivity index (χ1v) is 8.35. The number of pyridine rings is 1. The molecule has 0 saturated carbocycles. The number of phenolic OH excluding ortho intramolecular Hbond substituents is 1. The number of aliphatic hydroxyl groups is 1. The van der Waals surface area contributed by atoms with Crippen molar-refractivity contribution in [3.05, 3.63) is 46.0 Å². The van der Waals surface area contributed by atoms with Crippen LogP contribution >= 0.6 is 0 Å². The number of carbonyl (C=O) groups excluding carboxylic acids is 1. The molecule has 2 atom stereocenters. The molecule has 0 saturated heterocycles. The van der Waals surface area contributed by atoms with Crippen molar-refractivity contribution in [3.63, 3.8) is 0 Å². The molecule has 1 aromatic heterocycles. The molecule has 2 rings (SSSR count). The van der Waals surface area contributed by atoms with Crippen molar-refractivity contribution < 1.29 is 24.7 Å². The van der Waals surface area contributed by atoms with Gasteiger partial charge in [0.15, 0.2) is 0 Å². The highest BCUT2D eigenvalue weighted by atomic mass is 16.6. The second kappa shape index (κ2) is 8.86. The molecule has 0 aliphatic heterocycles. The first-order chi connectivity index (χ1) is 13.2. The molecule has 0 aliphatic carbocycles. The van der Waals surface area contributed by atoms with Gasteiger partial charge in [-0.2, -0.15) is 0 Å². The molecule has 1 amide bonds. The van der Waals surface area contributed by atoms with Crippen LogP contribution in [0.25, 0.3) is 0 Å². The number of amides is 1. The highest BCUT2D eigenvalue weighted by Crippen LogP contribution is 2.34. The number of nitrogens with zero attached hydrogens (tertiary/aromatic N) is 2. The van der Waals surface area contributed by atoms with Crippen molar-refractivity contribution in [1.82, 2.24) is 4.98 Å². The molecular formula is C17H21N5O6. The first-order valence-electron chi connectivity index (χ1n) is 8.35. The quantitative estimate of drug-likeness (QED) is 0.351. The van der Waals surface area contributed by atoms with Crippen molar-refractivity contribution in [3.8, 4) is 5.75 Å². The SMILES string of the molecule is CCOC(=O)Nc1cc(N[C@@H](C)[C@H](O)c2ccc(O)cc2)c([N+](=O)[O-])c(N)n1. The Labute approximate surface area is 160 Å². The predicted molar refractivity (Wildman–Crippen MR) is 102 cm³/mol. The average Bonchev–Trinajstić information content (AvgIpc) is 2.61. The molecule has 11 heteroatoms. The lowest BCUT2D eigenvalue weighted by Gasteiger charge is -2.22. The number of anilines is 3. The summed E-state index contributed by atoms with van der Waals surface area (Å²) in [5, 5.41) is 36.3. The van der Waals surface area contributed by atoms with Crippen LogP contribution in [0.5, 0.6) is 5.75 Å². The number of aromatic nitrogens is 1. The topological polar surface area (TPSA) is 173 Å². The van der Waals surface area contributed by atoms with Crippen LogP contribution in [0.1, 0.15) is 25.5 Å². The summed E-state index contributed by atoms with van der Waals surface area (Å²) in [4.78, 5) is 26.0. The molecule has 0 bridgehead atoms. The monoisotopic (exact) mass is 391 g/mol. The van der Waals surface area contributed by atoms with Gasteiger partial charge in [-0.05, 0) is 31.5 Å². The second-order valence-electron chi connectivity index (χ2n) is 5.86. The van der Waals surface area contributed by atoms with Crippen molar-refractivity contribution in [2.75, 3.05) is 23.0 Å². The van der Waals surface area contributed by atoms with E-state index >= 15 is 0 Å². The van der Waals surface area contributed by atoms with Gasteiger partial charge >= 0.3 is 11.8 Å². The minimum absolute atomic E-state index is 0.0328. The Hall–Kier alpha value is -3.60. The van der Waals surface area contributed by atoms with E-state index in [9.17, 15) is 25.1 Å². The van der Waals surface area contributed by atoms with Gasteiger partial charge in [0.2, 0.25) is 5.82 Å². The fourth-order valence-electron chi connectivity index (χ4n) is 2.48. The highest BCUT2D eigenvalue weighted by Gasteiger charge is 2.25. The Kier molecular flexibility index (Phi) is 6.55. The van der Waals surface area contributed by atoms with E-state index in [1.165, 1.54) is 30.3 Å². The van der Waals surface area contributed by atoms with Crippen LogP contribution < -0.4 is 16.4 Å². The predicted octanol–water partition coefficient (Wildman–Crippen LogP) is 2.38. The molecule has 1 aromatic carbocycles. The summed E-state index contributed by atoms with van der Waals surface area (Å²) in [6, 6.07) is 6.44. The zero-order valence-electron chi connectivity index (χ0n) is 15.2. The summed E-state index contributed by atoms with van der Waals surface area (Å²) in [5.41, 5.74) is 5.65. The maximum atomic E-state index is 11.6. The van der Waals surface area contributed by atoms with Gasteiger partial charge in [-0.15, -0.1) is 0 Å². The minimum Gasteiger partial charge on any atom is -0.508 e. The Balaban J connectivity index is 2.30. The van der Waals surface area contributed by atoms with Crippen LogP contribution in [-0.2, 0) is 4.74 Å². The third-order valence-corrected chi connectivity index (χ3v) is 3.80. The number of nitrogen functional groups attached to an aromatic ring is 1. The van der Waals surface area contributed by atoms with Gasteiger partial charge < -0.3 is 26.0 Å². The second-order valence-corrected chi connectivity index (χ2v) is 5.86. The van der Waals surface area contributed by atoms with Gasteiger partial charge in [0, 0.05) is 6.07 Å². The van der Waals surface area contributed by atoms with Gasteiger partial charge in [0.1, 0.15) is 17.3 Å². The molecule has 11 nitrogen and oxygen atoms in total. The van der Waals surface area contributed by atoms with Gasteiger partial charge in [-0.1, -0.05) is 12.1 Å². The number of nitrogens with two attached hydrogens (primary N) is 1. The fourth-order valence-corrected chi connectivity index (χ4v) is 2.48. The van der Waals surface area contributed by atoms with E-state index in [4.69, 9.17) is 10.5 Å². The van der Waals surface area contributed by atoms with Gasteiger partial charge in [-0.3, -0.25) is 15.4 Å². The van der Waals surface area contributed by atoms with Gasteiger partial charge in [0.25, 0.3) is 0 Å². The van der Waals surface area contributed by atoms with Crippen molar-refractivity contribution in [2.24, 2.45) is 0 Å². The van der Waals surface area contributed by atoms with Crippen LogP contribution in [-0.4, -0.2) is 38.9 Å². The number of nitrogens with one attached hydrogen (secondary N) is 2. The molecular weight excluding hydrogens is 370 g/mol. The molecule has 0 fully saturated rings. The van der Waals surface area contributed by atoms with Crippen LogP contribution in [0.4, 0.5) is 27.8 Å². The van der Waals surface area contributed by atoms with Crippen LogP contribution in [0.3, 0.4) is 0 Å². The minimum atomic E-state index is -1.05. The Bertz CT molecular complexity index is 858. The summed E-state index contributed by atoms with van der Waals surface area (Å²) >= 11 is 0. The van der Waals surface area contributed by atoms with E-state index in [2.05, 4.69) is 15.6 Å². The normalized spacial score (nSPS) is 12.7. The van der Waals surface area contributed by atoms with E-state index in [1.807, 2.05) is 0 Å². The molecule has 1 heterocycles. The number of benzene rings is 1. The molecule has 0 aliphatic rings. The van der Waals surface area contributed by atoms with Crippen molar-refractivity contribution in [2.45, 2.75) is 26.0 Å². The molecule has 0 radical (unpaired) electrons. The number of phenols is 1. The van der Waals surface area contributed by atoms with Crippen LogP contribution in [0, 0.1) is 10.1 Å². The fraction of sp³-hybridized carbons (Fsp3) is 0.294. The molecule has 28 heavy (non-hydrogen) atoms. The third-order valence-electron chi connectivity index (χ3n) is 3.80. The van der Waals surface area contributed by atoms with Crippen LogP contribution in [0.2, 0.25) is 0 Å². The van der Waals surface area contributed by atoms with E-state index in [1.54, 1.807) is 13.8 Å². The molecule has 0 unspecified atom stereocenters. The number of carbonyl (C=O) groups is 1. The average molecular weight is 391 g/mol. The summed E-state index contributed by atoms with van der Waals surface area (Å²) in [7, 11) is 0. The van der Waals surface area contributed by atoms with E-state index in [-0.39, 0.29) is 23.9 Å². The summed E-state index contributed by atoms with van der Waals surface area (Å²) in [5.74, 6) is -0.410. The maximum Gasteiger partial charge on any atom is 0.412 e. The van der Waals surface area contributed by atoms with E-state index in [0.717, 1.165) is 0 Å². The van der Waals surface area contributed by atoms with E-state index < -0.39 is 34.7 Å². The highest BCUT2D eigenvalue weighted by molar-refractivity contribution is 5.86. The first kappa shape index (κ1) is 20.7. The number of rotatable bonds is 7. The zero-order valence-corrected chi connectivity index (χ0v) is 15.2. The zero-order chi connectivity index (χ0) is 20.8. The smallest absolute Gasteiger partial charge is 0.412 e. The maximum absolute atomic E-state index is 11.6. The summed E-state index contributed by atoms with van der Waals surface area (Å²) < 4.78 is 4.74. The molecule has 2 aromatic rings. The summed E-state index contributed by atoms with van der Waals surface area (Å²) in [6.07, 6.45) is -1.83. The number of ether oxygens (including phenoxy) is 1. The third kappa shape index (κ3) is 4.98. The number of hydrogen-bond donors (Lipinski definition) is 5. The number of hydrogen-bond acceptors (Lipinski definition) is 9. The molecule has 6 N–H and O–H groups in total. The summed E-state index contributed by atoms with van der Waals surface area (Å²) in [6.45, 7) is 3.36. The number of aromatic hydroxyl groups is 1. The van der Waals surface area contributed by atoms with Crippen molar-refractivity contribution in [1.29, 1.82) is 0 Å². The van der Waals surface area contributed by atoms with E-state index in [0.29, 0.717) is 5.56 Å². The van der Waals surface area contributed by atoms with Crippen LogP contribution in [0.15, 0.2) is 30.3 Å².